The van der Waals surface area contributed by atoms with Crippen molar-refractivity contribution < 1.29 is 39.8 Å². The van der Waals surface area contributed by atoms with Gasteiger partial charge in [0.05, 0.1) is 25.4 Å². The Morgan fingerprint density at radius 2 is 0.967 bits per heavy atom. The van der Waals surface area contributed by atoms with Crippen LogP contribution in [0.2, 0.25) is 0 Å². The summed E-state index contributed by atoms with van der Waals surface area (Å²) in [6, 6.07) is -0.721. The zero-order valence-corrected chi connectivity index (χ0v) is 39.7. The average molecular weight is 866 g/mol. The Morgan fingerprint density at radius 3 is 1.43 bits per heavy atom. The Bertz CT molecular complexity index is 1010. The SMILES string of the molecule is CCCCCC/C=C\C/C=C\CCCCCCCCCC(=O)NC(COC1OC(CO)C(O)C(O)C1O)C(O)CCCCCCCCCCCCCCCCCCCCCC. The van der Waals surface area contributed by atoms with Crippen LogP contribution < -0.4 is 5.32 Å². The van der Waals surface area contributed by atoms with Gasteiger partial charge in [-0.25, -0.2) is 0 Å². The lowest BCUT2D eigenvalue weighted by molar-refractivity contribution is -0.302. The first-order valence-corrected chi connectivity index (χ1v) is 26.0. The molecule has 0 radical (unpaired) electrons. The Labute approximate surface area is 375 Å². The monoisotopic (exact) mass is 866 g/mol. The molecule has 1 saturated heterocycles. The number of carbonyl (C=O) groups excluding carboxylic acids is 1. The highest BCUT2D eigenvalue weighted by atomic mass is 16.7. The van der Waals surface area contributed by atoms with Gasteiger partial charge in [0.25, 0.3) is 0 Å². The molecule has 0 aliphatic carbocycles. The molecule has 1 heterocycles. The highest BCUT2D eigenvalue weighted by Crippen LogP contribution is 2.23. The summed E-state index contributed by atoms with van der Waals surface area (Å²) in [6.45, 7) is 3.83. The van der Waals surface area contributed by atoms with Gasteiger partial charge >= 0.3 is 0 Å². The van der Waals surface area contributed by atoms with E-state index >= 15 is 0 Å². The molecule has 0 aromatic heterocycles. The van der Waals surface area contributed by atoms with E-state index in [1.807, 2.05) is 0 Å². The first kappa shape index (κ1) is 57.7. The Balaban J connectivity index is 2.27. The molecule has 1 aliphatic heterocycles. The maximum atomic E-state index is 13.0. The number of aliphatic hydroxyl groups excluding tert-OH is 5. The number of hydrogen-bond acceptors (Lipinski definition) is 8. The normalized spacial score (nSPS) is 20.5. The first-order valence-electron chi connectivity index (χ1n) is 26.0. The minimum atomic E-state index is -1.55. The van der Waals surface area contributed by atoms with Gasteiger partial charge in [0.15, 0.2) is 6.29 Å². The molecule has 0 saturated carbocycles. The topological polar surface area (TPSA) is 149 Å². The largest absolute Gasteiger partial charge is 0.394 e. The van der Waals surface area contributed by atoms with E-state index in [0.29, 0.717) is 12.8 Å². The van der Waals surface area contributed by atoms with Gasteiger partial charge in [-0.15, -0.1) is 0 Å². The van der Waals surface area contributed by atoms with Crippen molar-refractivity contribution in [3.8, 4) is 0 Å². The summed E-state index contributed by atoms with van der Waals surface area (Å²) < 4.78 is 11.3. The van der Waals surface area contributed by atoms with Crippen LogP contribution in [0.25, 0.3) is 0 Å². The van der Waals surface area contributed by atoms with Crippen LogP contribution in [0.1, 0.15) is 245 Å². The average Bonchev–Trinajstić information content (AvgIpc) is 3.26. The minimum Gasteiger partial charge on any atom is -0.394 e. The number of amides is 1. The van der Waals surface area contributed by atoms with Gasteiger partial charge < -0.3 is 40.3 Å². The smallest absolute Gasteiger partial charge is 0.220 e. The quantitative estimate of drug-likeness (QED) is 0.0262. The molecule has 7 atom stereocenters. The van der Waals surface area contributed by atoms with Gasteiger partial charge in [0.1, 0.15) is 24.4 Å². The second-order valence-electron chi connectivity index (χ2n) is 18.3. The van der Waals surface area contributed by atoms with Crippen LogP contribution in [0.15, 0.2) is 24.3 Å². The third-order valence-electron chi connectivity index (χ3n) is 12.6. The molecular formula is C52H99NO8. The molecule has 9 nitrogen and oxygen atoms in total. The molecule has 0 aromatic carbocycles. The van der Waals surface area contributed by atoms with Crippen molar-refractivity contribution in [2.45, 2.75) is 288 Å². The maximum Gasteiger partial charge on any atom is 0.220 e. The summed E-state index contributed by atoms with van der Waals surface area (Å²) in [5.41, 5.74) is 0. The summed E-state index contributed by atoms with van der Waals surface area (Å²) in [6.07, 6.45) is 44.7. The fraction of sp³-hybridized carbons (Fsp3) is 0.904. The van der Waals surface area contributed by atoms with Crippen LogP contribution in [0.5, 0.6) is 0 Å². The molecule has 1 amide bonds. The third-order valence-corrected chi connectivity index (χ3v) is 12.6. The molecule has 0 bridgehead atoms. The van der Waals surface area contributed by atoms with E-state index in [-0.39, 0.29) is 12.5 Å². The van der Waals surface area contributed by atoms with Crippen LogP contribution in [-0.2, 0) is 14.3 Å². The molecule has 360 valence electrons. The van der Waals surface area contributed by atoms with Crippen molar-refractivity contribution in [2.75, 3.05) is 13.2 Å². The summed E-state index contributed by atoms with van der Waals surface area (Å²) >= 11 is 0. The van der Waals surface area contributed by atoms with E-state index < -0.39 is 49.5 Å². The van der Waals surface area contributed by atoms with Crippen molar-refractivity contribution in [1.29, 1.82) is 0 Å². The zero-order valence-electron chi connectivity index (χ0n) is 39.7. The van der Waals surface area contributed by atoms with E-state index in [9.17, 15) is 30.3 Å². The Kier molecular flexibility index (Phi) is 40.3. The summed E-state index contributed by atoms with van der Waals surface area (Å²) in [7, 11) is 0. The molecule has 9 heteroatoms. The molecule has 6 N–H and O–H groups in total. The van der Waals surface area contributed by atoms with Gasteiger partial charge in [-0.1, -0.05) is 218 Å². The van der Waals surface area contributed by atoms with Crippen LogP contribution in [0.3, 0.4) is 0 Å². The van der Waals surface area contributed by atoms with E-state index in [1.54, 1.807) is 0 Å². The van der Waals surface area contributed by atoms with E-state index in [0.717, 1.165) is 51.4 Å². The van der Waals surface area contributed by atoms with Crippen LogP contribution in [0.4, 0.5) is 0 Å². The molecule has 1 aliphatic rings. The van der Waals surface area contributed by atoms with Gasteiger partial charge in [0, 0.05) is 6.42 Å². The molecule has 1 fully saturated rings. The number of unbranched alkanes of at least 4 members (excludes halogenated alkanes) is 30. The van der Waals surface area contributed by atoms with E-state index in [1.165, 1.54) is 167 Å². The third kappa shape index (κ3) is 32.9. The summed E-state index contributed by atoms with van der Waals surface area (Å²) in [5, 5.41) is 54.5. The molecule has 1 rings (SSSR count). The number of hydrogen-bond donors (Lipinski definition) is 6. The second-order valence-corrected chi connectivity index (χ2v) is 18.3. The summed E-state index contributed by atoms with van der Waals surface area (Å²) in [4.78, 5) is 13.0. The molecule has 0 spiro atoms. The lowest BCUT2D eigenvalue weighted by Gasteiger charge is -2.40. The lowest BCUT2D eigenvalue weighted by Crippen LogP contribution is -2.60. The standard InChI is InChI=1S/C52H99NO8/c1-3-5-7-9-11-13-15-17-19-21-23-24-25-27-29-31-33-35-37-39-41-46(55)45(44-60-52-51(59)50(58)49(57)47(43-54)61-52)53-48(56)42-40-38-36-34-32-30-28-26-22-20-18-16-14-12-10-8-6-4-2/h14,16,20,22,45-47,49-52,54-55,57-59H,3-13,15,17-19,21,23-44H2,1-2H3,(H,53,56)/b16-14-,22-20-. The highest BCUT2D eigenvalue weighted by molar-refractivity contribution is 5.76. The van der Waals surface area contributed by atoms with Crippen molar-refractivity contribution in [2.24, 2.45) is 0 Å². The zero-order chi connectivity index (χ0) is 44.4. The van der Waals surface area contributed by atoms with Crippen LogP contribution >= 0.6 is 0 Å². The maximum absolute atomic E-state index is 13.0. The molecule has 0 aromatic rings. The predicted octanol–water partition coefficient (Wildman–Crippen LogP) is 11.8. The van der Waals surface area contributed by atoms with E-state index in [2.05, 4.69) is 43.5 Å². The number of ether oxygens (including phenoxy) is 2. The number of aliphatic hydroxyl groups is 5. The van der Waals surface area contributed by atoms with Crippen LogP contribution in [-0.4, -0.2) is 87.5 Å². The van der Waals surface area contributed by atoms with Crippen molar-refractivity contribution in [3.63, 3.8) is 0 Å². The Morgan fingerprint density at radius 1 is 0.557 bits per heavy atom. The summed E-state index contributed by atoms with van der Waals surface area (Å²) in [5.74, 6) is -0.150. The lowest BCUT2D eigenvalue weighted by atomic mass is 9.99. The molecule has 7 unspecified atom stereocenters. The number of allylic oxidation sites excluding steroid dienone is 4. The molecule has 61 heavy (non-hydrogen) atoms. The Hall–Kier alpha value is -1.33. The number of rotatable bonds is 44. The van der Waals surface area contributed by atoms with Crippen molar-refractivity contribution >= 4 is 5.91 Å². The highest BCUT2D eigenvalue weighted by Gasteiger charge is 2.44. The van der Waals surface area contributed by atoms with Gasteiger partial charge in [-0.3, -0.25) is 4.79 Å². The van der Waals surface area contributed by atoms with Crippen LogP contribution in [0, 0.1) is 0 Å². The fourth-order valence-corrected chi connectivity index (χ4v) is 8.37. The van der Waals surface area contributed by atoms with Gasteiger partial charge in [-0.2, -0.15) is 0 Å². The second kappa shape index (κ2) is 42.6. The van der Waals surface area contributed by atoms with Gasteiger partial charge in [0.2, 0.25) is 5.91 Å². The fourth-order valence-electron chi connectivity index (χ4n) is 8.37. The number of carbonyl (C=O) groups is 1. The predicted molar refractivity (Wildman–Crippen MR) is 253 cm³/mol. The first-order chi connectivity index (χ1) is 29.8. The van der Waals surface area contributed by atoms with Crippen molar-refractivity contribution in [3.05, 3.63) is 24.3 Å². The number of nitrogens with one attached hydrogen (secondary N) is 1. The van der Waals surface area contributed by atoms with Gasteiger partial charge in [-0.05, 0) is 44.9 Å². The van der Waals surface area contributed by atoms with Crippen molar-refractivity contribution in [1.82, 2.24) is 5.32 Å². The van der Waals surface area contributed by atoms with E-state index in [4.69, 9.17) is 9.47 Å². The minimum absolute atomic E-state index is 0.139. The molecular weight excluding hydrogens is 767 g/mol.